The van der Waals surface area contributed by atoms with Crippen LogP contribution in [-0.2, 0) is 10.3 Å². The van der Waals surface area contributed by atoms with Gasteiger partial charge >= 0.3 is 0 Å². The summed E-state index contributed by atoms with van der Waals surface area (Å²) in [6, 6.07) is 12.0. The molecule has 32 heavy (non-hydrogen) atoms. The summed E-state index contributed by atoms with van der Waals surface area (Å²) in [5, 5.41) is 14.8. The molecule has 4 aromatic rings. The van der Waals surface area contributed by atoms with Gasteiger partial charge in [-0.15, -0.1) is 11.3 Å². The van der Waals surface area contributed by atoms with Crippen molar-refractivity contribution in [2.75, 3.05) is 7.05 Å². The van der Waals surface area contributed by atoms with Crippen LogP contribution in [0.25, 0.3) is 22.1 Å². The largest absolute Gasteiger partial charge is 0.464 e. The van der Waals surface area contributed by atoms with Crippen LogP contribution >= 0.6 is 11.3 Å². The zero-order valence-electron chi connectivity index (χ0n) is 18.4. The minimum absolute atomic E-state index is 0.0986. The summed E-state index contributed by atoms with van der Waals surface area (Å²) in [5.41, 5.74) is 5.13. The van der Waals surface area contributed by atoms with E-state index in [-0.39, 0.29) is 11.9 Å². The van der Waals surface area contributed by atoms with Crippen molar-refractivity contribution in [1.82, 2.24) is 15.2 Å². The molecule has 1 aromatic carbocycles. The number of pyridine rings is 1. The fraction of sp³-hybridized carbons (Fsp3) is 0.240. The molecule has 0 spiro atoms. The molecule has 1 saturated heterocycles. The molecule has 1 aliphatic heterocycles. The first-order valence-electron chi connectivity index (χ1n) is 10.4. The Labute approximate surface area is 190 Å². The first kappa shape index (κ1) is 20.5. The summed E-state index contributed by atoms with van der Waals surface area (Å²) >= 11 is 1.60. The van der Waals surface area contributed by atoms with Crippen LogP contribution in [0.15, 0.2) is 58.7 Å². The van der Waals surface area contributed by atoms with Gasteiger partial charge in [0.05, 0.1) is 17.7 Å². The maximum absolute atomic E-state index is 13.5. The van der Waals surface area contributed by atoms with E-state index in [2.05, 4.69) is 27.8 Å². The van der Waals surface area contributed by atoms with E-state index < -0.39 is 11.5 Å². The number of likely N-dealkylation sites (N-methyl/N-ethyl adjacent to an activating group) is 1. The summed E-state index contributed by atoms with van der Waals surface area (Å²) in [4.78, 5) is 20.4. The van der Waals surface area contributed by atoms with Crippen LogP contribution in [0.1, 0.15) is 34.5 Å². The van der Waals surface area contributed by atoms with E-state index >= 15 is 0 Å². The quantitative estimate of drug-likeness (QED) is 0.457. The van der Waals surface area contributed by atoms with Crippen molar-refractivity contribution in [1.29, 1.82) is 5.41 Å². The third-order valence-corrected chi connectivity index (χ3v) is 7.49. The zero-order chi connectivity index (χ0) is 22.6. The number of aromatic nitrogens is 1. The van der Waals surface area contributed by atoms with Crippen molar-refractivity contribution < 1.29 is 9.21 Å². The van der Waals surface area contributed by atoms with Gasteiger partial charge < -0.3 is 9.73 Å². The van der Waals surface area contributed by atoms with Crippen LogP contribution in [0.3, 0.4) is 0 Å². The van der Waals surface area contributed by atoms with Gasteiger partial charge in [-0.05, 0) is 73.2 Å². The number of nitrogens with one attached hydrogen (secondary N) is 2. The molecule has 1 unspecified atom stereocenters. The van der Waals surface area contributed by atoms with E-state index in [1.165, 1.54) is 4.90 Å². The number of fused-ring (bicyclic) bond motifs is 1. The Hall–Kier alpha value is -3.45. The molecule has 0 radical (unpaired) electrons. The van der Waals surface area contributed by atoms with Crippen molar-refractivity contribution in [2.24, 2.45) is 0 Å². The number of rotatable bonds is 3. The van der Waals surface area contributed by atoms with Gasteiger partial charge in [-0.3, -0.25) is 20.1 Å². The SMILES string of the molecule is Cc1cnc(C)c(-c2csc([C@@]3(C)NC(=N)N(C)C(=O)C3c3ccc4occc4c3)c2)c1. The number of carbonyl (C=O) groups excluding carboxylic acids is 1. The molecule has 162 valence electrons. The average Bonchev–Trinajstić information content (AvgIpc) is 3.43. The molecule has 0 aliphatic carbocycles. The molecule has 6 nitrogen and oxygen atoms in total. The van der Waals surface area contributed by atoms with E-state index in [9.17, 15) is 4.79 Å². The lowest BCUT2D eigenvalue weighted by Crippen LogP contribution is -2.62. The van der Waals surface area contributed by atoms with Gasteiger partial charge in [0.15, 0.2) is 5.96 Å². The minimum atomic E-state index is -0.772. The second kappa shape index (κ2) is 7.31. The standard InChI is InChI=1S/C25H24N4O2S/c1-14-9-19(15(2)27-12-14)18-11-21(32-13-18)25(3)22(23(30)29(4)24(26)28-25)17-5-6-20-16(10-17)7-8-31-20/h5-13,22H,1-4H3,(H2,26,28)/t22?,25-/m1/s1. The Bertz CT molecular complexity index is 1370. The topological polar surface area (TPSA) is 82.2 Å². The molecule has 2 N–H and O–H groups in total. The Balaban J connectivity index is 1.64. The Morgan fingerprint density at radius 3 is 2.84 bits per heavy atom. The summed E-state index contributed by atoms with van der Waals surface area (Å²) < 4.78 is 5.49. The number of guanidine groups is 1. The molecular weight excluding hydrogens is 420 g/mol. The normalized spacial score (nSPS) is 21.2. The molecule has 1 amide bonds. The second-order valence-electron chi connectivity index (χ2n) is 8.57. The number of thiophene rings is 1. The molecule has 0 bridgehead atoms. The molecule has 2 atom stereocenters. The number of hydrogen-bond acceptors (Lipinski definition) is 5. The summed E-state index contributed by atoms with van der Waals surface area (Å²) in [6.07, 6.45) is 3.52. The van der Waals surface area contributed by atoms with Gasteiger partial charge in [0.1, 0.15) is 5.58 Å². The fourth-order valence-electron chi connectivity index (χ4n) is 4.48. The Morgan fingerprint density at radius 2 is 2.03 bits per heavy atom. The van der Waals surface area contributed by atoms with E-state index in [1.54, 1.807) is 24.6 Å². The molecule has 4 heterocycles. The van der Waals surface area contributed by atoms with Crippen LogP contribution in [0.2, 0.25) is 0 Å². The Morgan fingerprint density at radius 1 is 1.22 bits per heavy atom. The number of furan rings is 1. The maximum Gasteiger partial charge on any atom is 0.239 e. The zero-order valence-corrected chi connectivity index (χ0v) is 19.2. The van der Waals surface area contributed by atoms with Gasteiger partial charge in [0, 0.05) is 34.8 Å². The van der Waals surface area contributed by atoms with Crippen molar-refractivity contribution in [3.8, 4) is 11.1 Å². The molecule has 0 saturated carbocycles. The molecule has 3 aromatic heterocycles. The molecular formula is C25H24N4O2S. The number of hydrogen-bond donors (Lipinski definition) is 2. The maximum atomic E-state index is 13.5. The van der Waals surface area contributed by atoms with E-state index in [1.807, 2.05) is 51.2 Å². The molecule has 5 rings (SSSR count). The summed E-state index contributed by atoms with van der Waals surface area (Å²) in [6.45, 7) is 6.04. The van der Waals surface area contributed by atoms with Gasteiger partial charge in [0.25, 0.3) is 0 Å². The highest BCUT2D eigenvalue weighted by molar-refractivity contribution is 7.10. The number of amides is 1. The number of carbonyl (C=O) groups is 1. The van der Waals surface area contributed by atoms with Crippen molar-refractivity contribution in [3.05, 3.63) is 75.9 Å². The minimum Gasteiger partial charge on any atom is -0.464 e. The van der Waals surface area contributed by atoms with Crippen molar-refractivity contribution >= 4 is 34.2 Å². The third kappa shape index (κ3) is 3.12. The predicted molar refractivity (Wildman–Crippen MR) is 127 cm³/mol. The van der Waals surface area contributed by atoms with E-state index in [0.29, 0.717) is 0 Å². The van der Waals surface area contributed by atoms with Gasteiger partial charge in [-0.25, -0.2) is 0 Å². The van der Waals surface area contributed by atoms with E-state index in [4.69, 9.17) is 9.83 Å². The Kier molecular flexibility index (Phi) is 4.67. The summed E-state index contributed by atoms with van der Waals surface area (Å²) in [7, 11) is 1.64. The number of aryl methyl sites for hydroxylation is 2. The van der Waals surface area contributed by atoms with Crippen LogP contribution in [0, 0.1) is 19.3 Å². The summed E-state index contributed by atoms with van der Waals surface area (Å²) in [5.74, 6) is -0.506. The highest BCUT2D eigenvalue weighted by Gasteiger charge is 2.49. The third-order valence-electron chi connectivity index (χ3n) is 6.32. The average molecular weight is 445 g/mol. The van der Waals surface area contributed by atoms with Gasteiger partial charge in [-0.2, -0.15) is 0 Å². The monoisotopic (exact) mass is 444 g/mol. The lowest BCUT2D eigenvalue weighted by molar-refractivity contribution is -0.131. The lowest BCUT2D eigenvalue weighted by Gasteiger charge is -2.45. The molecule has 1 fully saturated rings. The van der Waals surface area contributed by atoms with Crippen LogP contribution < -0.4 is 5.32 Å². The first-order chi connectivity index (χ1) is 15.3. The number of nitrogens with zero attached hydrogens (tertiary/aromatic N) is 2. The van der Waals surface area contributed by atoms with Crippen molar-refractivity contribution in [2.45, 2.75) is 32.2 Å². The second-order valence-corrected chi connectivity index (χ2v) is 9.48. The van der Waals surface area contributed by atoms with Crippen molar-refractivity contribution in [3.63, 3.8) is 0 Å². The molecule has 1 aliphatic rings. The van der Waals surface area contributed by atoms with Gasteiger partial charge in [-0.1, -0.05) is 6.07 Å². The smallest absolute Gasteiger partial charge is 0.239 e. The van der Waals surface area contributed by atoms with E-state index in [0.717, 1.165) is 43.8 Å². The van der Waals surface area contributed by atoms with Crippen LogP contribution in [0.5, 0.6) is 0 Å². The lowest BCUT2D eigenvalue weighted by atomic mass is 9.76. The fourth-order valence-corrected chi connectivity index (χ4v) is 5.53. The first-order valence-corrected chi connectivity index (χ1v) is 11.3. The molecule has 7 heteroatoms. The number of benzene rings is 1. The van der Waals surface area contributed by atoms with Crippen LogP contribution in [-0.4, -0.2) is 28.8 Å². The highest BCUT2D eigenvalue weighted by atomic mass is 32.1. The highest BCUT2D eigenvalue weighted by Crippen LogP contribution is 2.45. The predicted octanol–water partition coefficient (Wildman–Crippen LogP) is 5.17. The van der Waals surface area contributed by atoms with Crippen LogP contribution in [0.4, 0.5) is 0 Å². The van der Waals surface area contributed by atoms with Gasteiger partial charge in [0.2, 0.25) is 5.91 Å².